The maximum absolute atomic E-state index is 11.4. The normalized spacial score (nSPS) is 36.2. The van der Waals surface area contributed by atoms with Crippen LogP contribution < -0.4 is 0 Å². The lowest BCUT2D eigenvalue weighted by atomic mass is 9.84. The second-order valence-electron chi connectivity index (χ2n) is 5.01. The van der Waals surface area contributed by atoms with Crippen molar-refractivity contribution in [1.29, 1.82) is 0 Å². The first kappa shape index (κ1) is 12.0. The van der Waals surface area contributed by atoms with Crippen molar-refractivity contribution in [3.8, 4) is 0 Å². The first-order valence-corrected chi connectivity index (χ1v) is 7.76. The molecular formula is C11H19NO3S. The van der Waals surface area contributed by atoms with Crippen LogP contribution in [0.4, 0.5) is 0 Å². The van der Waals surface area contributed by atoms with Crippen molar-refractivity contribution < 1.29 is 13.2 Å². The summed E-state index contributed by atoms with van der Waals surface area (Å²) in [6.07, 6.45) is 2.26. The molecule has 5 heteroatoms. The van der Waals surface area contributed by atoms with Crippen molar-refractivity contribution in [2.75, 3.05) is 24.6 Å². The Hall–Kier alpha value is -0.420. The van der Waals surface area contributed by atoms with Crippen LogP contribution >= 0.6 is 0 Å². The van der Waals surface area contributed by atoms with E-state index in [0.717, 1.165) is 6.42 Å². The Bertz CT molecular complexity index is 363. The molecule has 0 amide bonds. The molecule has 2 fully saturated rings. The molecule has 0 bridgehead atoms. The SMILES string of the molecule is CC1CCC(=O)CC1N1CCS(=O)(=O)CC1. The van der Waals surface area contributed by atoms with E-state index in [1.54, 1.807) is 0 Å². The Morgan fingerprint density at radius 1 is 1.25 bits per heavy atom. The number of sulfone groups is 1. The van der Waals surface area contributed by atoms with E-state index in [1.165, 1.54) is 0 Å². The molecule has 16 heavy (non-hydrogen) atoms. The monoisotopic (exact) mass is 245 g/mol. The molecule has 2 rings (SSSR count). The van der Waals surface area contributed by atoms with Crippen molar-refractivity contribution in [2.24, 2.45) is 5.92 Å². The molecule has 2 aliphatic rings. The van der Waals surface area contributed by atoms with Crippen LogP contribution in [0, 0.1) is 5.92 Å². The van der Waals surface area contributed by atoms with Gasteiger partial charge in [0.1, 0.15) is 5.78 Å². The average Bonchev–Trinajstić information content (AvgIpc) is 2.22. The van der Waals surface area contributed by atoms with Crippen LogP contribution in [0.1, 0.15) is 26.2 Å². The lowest BCUT2D eigenvalue weighted by Gasteiger charge is -2.39. The highest BCUT2D eigenvalue weighted by atomic mass is 32.2. The number of carbonyl (C=O) groups is 1. The number of Topliss-reactive ketones (excluding diaryl/α,β-unsaturated/α-hetero) is 1. The number of ketones is 1. The number of nitrogens with zero attached hydrogens (tertiary/aromatic N) is 1. The minimum Gasteiger partial charge on any atom is -0.300 e. The number of carbonyl (C=O) groups excluding carboxylic acids is 1. The summed E-state index contributed by atoms with van der Waals surface area (Å²) in [6, 6.07) is 0.275. The summed E-state index contributed by atoms with van der Waals surface area (Å²) < 4.78 is 22.7. The van der Waals surface area contributed by atoms with Crippen molar-refractivity contribution in [2.45, 2.75) is 32.2 Å². The summed E-state index contributed by atoms with van der Waals surface area (Å²) in [5, 5.41) is 0. The summed E-state index contributed by atoms with van der Waals surface area (Å²) in [5.41, 5.74) is 0. The highest BCUT2D eigenvalue weighted by Crippen LogP contribution is 2.27. The smallest absolute Gasteiger partial charge is 0.152 e. The van der Waals surface area contributed by atoms with Crippen LogP contribution in [0.3, 0.4) is 0 Å². The summed E-state index contributed by atoms with van der Waals surface area (Å²) in [5.74, 6) is 1.35. The zero-order valence-electron chi connectivity index (χ0n) is 9.68. The highest BCUT2D eigenvalue weighted by Gasteiger charge is 2.33. The Kier molecular flexibility index (Phi) is 3.35. The second-order valence-corrected chi connectivity index (χ2v) is 7.32. The lowest BCUT2D eigenvalue weighted by Crippen LogP contribution is -2.50. The first-order chi connectivity index (χ1) is 7.48. The maximum atomic E-state index is 11.4. The molecule has 0 spiro atoms. The van der Waals surface area contributed by atoms with Crippen molar-refractivity contribution in [1.82, 2.24) is 4.90 Å². The van der Waals surface area contributed by atoms with Gasteiger partial charge in [-0.25, -0.2) is 8.42 Å². The van der Waals surface area contributed by atoms with Gasteiger partial charge < -0.3 is 0 Å². The van der Waals surface area contributed by atoms with E-state index in [-0.39, 0.29) is 17.5 Å². The predicted octanol–water partition coefficient (Wildman–Crippen LogP) is 0.475. The topological polar surface area (TPSA) is 54.5 Å². The van der Waals surface area contributed by atoms with Crippen LogP contribution in [0.15, 0.2) is 0 Å². The summed E-state index contributed by atoms with van der Waals surface area (Å²) in [6.45, 7) is 3.37. The van der Waals surface area contributed by atoms with Gasteiger partial charge in [-0.2, -0.15) is 0 Å². The Morgan fingerprint density at radius 2 is 1.88 bits per heavy atom. The van der Waals surface area contributed by atoms with E-state index >= 15 is 0 Å². The van der Waals surface area contributed by atoms with Gasteiger partial charge >= 0.3 is 0 Å². The third kappa shape index (κ3) is 2.63. The Balaban J connectivity index is 1.99. The molecule has 2 unspecified atom stereocenters. The molecule has 1 aliphatic carbocycles. The summed E-state index contributed by atoms with van der Waals surface area (Å²) >= 11 is 0. The fourth-order valence-corrected chi connectivity index (χ4v) is 3.89. The molecular weight excluding hydrogens is 226 g/mol. The minimum absolute atomic E-state index is 0.254. The van der Waals surface area contributed by atoms with Gasteiger partial charge in [-0.3, -0.25) is 9.69 Å². The van der Waals surface area contributed by atoms with E-state index in [1.807, 2.05) is 0 Å². The quantitative estimate of drug-likeness (QED) is 0.674. The molecule has 2 atom stereocenters. The average molecular weight is 245 g/mol. The Labute approximate surface area is 96.9 Å². The van der Waals surface area contributed by atoms with Crippen LogP contribution in [0.25, 0.3) is 0 Å². The minimum atomic E-state index is -2.81. The predicted molar refractivity (Wildman–Crippen MR) is 62.0 cm³/mol. The molecule has 0 aromatic heterocycles. The third-order valence-electron chi connectivity index (χ3n) is 3.82. The highest BCUT2D eigenvalue weighted by molar-refractivity contribution is 7.91. The number of hydrogen-bond donors (Lipinski definition) is 0. The molecule has 0 aromatic carbocycles. The molecule has 1 aliphatic heterocycles. The zero-order chi connectivity index (χ0) is 11.8. The second kappa shape index (κ2) is 4.45. The van der Waals surface area contributed by atoms with E-state index < -0.39 is 9.84 Å². The van der Waals surface area contributed by atoms with Crippen LogP contribution in [0.5, 0.6) is 0 Å². The summed E-state index contributed by atoms with van der Waals surface area (Å²) in [4.78, 5) is 13.6. The molecule has 1 saturated carbocycles. The van der Waals surface area contributed by atoms with Gasteiger partial charge in [0.05, 0.1) is 11.5 Å². The van der Waals surface area contributed by atoms with E-state index in [4.69, 9.17) is 0 Å². The van der Waals surface area contributed by atoms with E-state index in [9.17, 15) is 13.2 Å². The zero-order valence-corrected chi connectivity index (χ0v) is 10.5. The number of rotatable bonds is 1. The molecule has 1 saturated heterocycles. The molecule has 0 radical (unpaired) electrons. The molecule has 0 aromatic rings. The first-order valence-electron chi connectivity index (χ1n) is 5.94. The van der Waals surface area contributed by atoms with Crippen LogP contribution in [0.2, 0.25) is 0 Å². The standard InChI is InChI=1S/C11H19NO3S/c1-9-2-3-10(13)8-11(9)12-4-6-16(14,15)7-5-12/h9,11H,2-8H2,1H3. The molecule has 4 nitrogen and oxygen atoms in total. The largest absolute Gasteiger partial charge is 0.300 e. The van der Waals surface area contributed by atoms with Gasteiger partial charge in [0.25, 0.3) is 0 Å². The van der Waals surface area contributed by atoms with E-state index in [0.29, 0.717) is 37.6 Å². The van der Waals surface area contributed by atoms with E-state index in [2.05, 4.69) is 11.8 Å². The fraction of sp³-hybridized carbons (Fsp3) is 0.909. The van der Waals surface area contributed by atoms with Gasteiger partial charge in [0, 0.05) is 32.0 Å². The summed E-state index contributed by atoms with van der Waals surface area (Å²) in [7, 11) is -2.81. The molecule has 1 heterocycles. The van der Waals surface area contributed by atoms with Crippen LogP contribution in [-0.4, -0.2) is 49.7 Å². The Morgan fingerprint density at radius 3 is 2.50 bits per heavy atom. The van der Waals surface area contributed by atoms with Gasteiger partial charge in [-0.1, -0.05) is 6.92 Å². The number of hydrogen-bond acceptors (Lipinski definition) is 4. The van der Waals surface area contributed by atoms with Crippen molar-refractivity contribution >= 4 is 15.6 Å². The van der Waals surface area contributed by atoms with Crippen molar-refractivity contribution in [3.05, 3.63) is 0 Å². The lowest BCUT2D eigenvalue weighted by molar-refractivity contribution is -0.123. The van der Waals surface area contributed by atoms with Crippen molar-refractivity contribution in [3.63, 3.8) is 0 Å². The van der Waals surface area contributed by atoms with Gasteiger partial charge in [0.2, 0.25) is 0 Å². The molecule has 92 valence electrons. The molecule has 0 N–H and O–H groups in total. The third-order valence-corrected chi connectivity index (χ3v) is 5.43. The fourth-order valence-electron chi connectivity index (χ4n) is 2.66. The van der Waals surface area contributed by atoms with Gasteiger partial charge in [-0.15, -0.1) is 0 Å². The van der Waals surface area contributed by atoms with Crippen LogP contribution in [-0.2, 0) is 14.6 Å². The maximum Gasteiger partial charge on any atom is 0.152 e. The van der Waals surface area contributed by atoms with Gasteiger partial charge in [0.15, 0.2) is 9.84 Å². The van der Waals surface area contributed by atoms with Gasteiger partial charge in [-0.05, 0) is 12.3 Å².